The van der Waals surface area contributed by atoms with Crippen LogP contribution in [-0.4, -0.2) is 31.7 Å². The Labute approximate surface area is 171 Å². The van der Waals surface area contributed by atoms with Gasteiger partial charge in [0.2, 0.25) is 10.0 Å². The van der Waals surface area contributed by atoms with E-state index in [0.29, 0.717) is 13.1 Å². The number of nitrogens with one attached hydrogen (secondary N) is 1. The van der Waals surface area contributed by atoms with E-state index in [0.717, 1.165) is 24.0 Å². The lowest BCUT2D eigenvalue weighted by Crippen LogP contribution is -2.29. The summed E-state index contributed by atoms with van der Waals surface area (Å²) in [5.74, 6) is -0.333. The summed E-state index contributed by atoms with van der Waals surface area (Å²) in [5.41, 5.74) is 3.62. The van der Waals surface area contributed by atoms with Gasteiger partial charge in [0.25, 0.3) is 5.91 Å². The first-order chi connectivity index (χ1) is 13.2. The Hall–Kier alpha value is -1.89. The molecule has 0 saturated carbocycles. The Morgan fingerprint density at radius 2 is 1.75 bits per heavy atom. The smallest absolute Gasteiger partial charge is 0.251 e. The molecule has 28 heavy (non-hydrogen) atoms. The van der Waals surface area contributed by atoms with Crippen molar-refractivity contribution in [2.24, 2.45) is 0 Å². The molecule has 1 fully saturated rings. The van der Waals surface area contributed by atoms with E-state index in [1.807, 2.05) is 39.0 Å². The van der Waals surface area contributed by atoms with Crippen LogP contribution in [0.5, 0.6) is 0 Å². The minimum atomic E-state index is -3.70. The average Bonchev–Trinajstić information content (AvgIpc) is 3.19. The summed E-state index contributed by atoms with van der Waals surface area (Å²) in [6, 6.07) is 10.2. The Kier molecular flexibility index (Phi) is 6.12. The van der Waals surface area contributed by atoms with Crippen LogP contribution in [-0.2, 0) is 10.0 Å². The molecule has 0 spiro atoms. The molecule has 3 rings (SSSR count). The van der Waals surface area contributed by atoms with Gasteiger partial charge in [0.15, 0.2) is 0 Å². The van der Waals surface area contributed by atoms with E-state index < -0.39 is 10.0 Å². The first kappa shape index (κ1) is 20.8. The molecule has 1 saturated heterocycles. The van der Waals surface area contributed by atoms with E-state index in [4.69, 9.17) is 11.6 Å². The van der Waals surface area contributed by atoms with Gasteiger partial charge < -0.3 is 5.32 Å². The van der Waals surface area contributed by atoms with E-state index >= 15 is 0 Å². The van der Waals surface area contributed by atoms with Gasteiger partial charge in [-0.3, -0.25) is 4.79 Å². The number of sulfonamides is 1. The molecular formula is C21H25ClN2O3S. The van der Waals surface area contributed by atoms with Gasteiger partial charge in [0, 0.05) is 18.7 Å². The molecule has 0 unspecified atom stereocenters. The predicted molar refractivity (Wildman–Crippen MR) is 111 cm³/mol. The minimum absolute atomic E-state index is 0.0115. The number of nitrogens with zero attached hydrogens (tertiary/aromatic N) is 1. The summed E-state index contributed by atoms with van der Waals surface area (Å²) < 4.78 is 27.1. The number of hydrogen-bond donors (Lipinski definition) is 1. The highest BCUT2D eigenvalue weighted by Gasteiger charge is 2.29. The molecule has 2 aromatic rings. The van der Waals surface area contributed by atoms with Crippen molar-refractivity contribution >= 4 is 27.5 Å². The first-order valence-electron chi connectivity index (χ1n) is 9.38. The second-order valence-electron chi connectivity index (χ2n) is 7.30. The topological polar surface area (TPSA) is 66.5 Å². The fourth-order valence-corrected chi connectivity index (χ4v) is 5.32. The van der Waals surface area contributed by atoms with Crippen molar-refractivity contribution in [2.45, 2.75) is 44.6 Å². The second kappa shape index (κ2) is 8.23. The number of hydrogen-bond acceptors (Lipinski definition) is 3. The quantitative estimate of drug-likeness (QED) is 0.786. The van der Waals surface area contributed by atoms with Crippen molar-refractivity contribution in [1.82, 2.24) is 9.62 Å². The van der Waals surface area contributed by atoms with Crippen LogP contribution in [0.4, 0.5) is 0 Å². The number of carbonyl (C=O) groups is 1. The number of amides is 1. The molecule has 0 bridgehead atoms. The summed E-state index contributed by atoms with van der Waals surface area (Å²) in [5, 5.41) is 3.07. The van der Waals surface area contributed by atoms with Crippen LogP contribution in [0, 0.1) is 13.8 Å². The highest BCUT2D eigenvalue weighted by Crippen LogP contribution is 2.28. The third kappa shape index (κ3) is 4.24. The van der Waals surface area contributed by atoms with Crippen molar-refractivity contribution in [3.05, 3.63) is 63.7 Å². The van der Waals surface area contributed by atoms with Crippen LogP contribution in [0.3, 0.4) is 0 Å². The van der Waals surface area contributed by atoms with Crippen LogP contribution in [0.25, 0.3) is 0 Å². The zero-order valence-electron chi connectivity index (χ0n) is 16.3. The van der Waals surface area contributed by atoms with Gasteiger partial charge in [-0.05, 0) is 68.5 Å². The molecule has 1 heterocycles. The van der Waals surface area contributed by atoms with Gasteiger partial charge in [-0.25, -0.2) is 8.42 Å². The molecule has 0 aliphatic carbocycles. The number of carbonyl (C=O) groups excluding carboxylic acids is 1. The third-order valence-electron chi connectivity index (χ3n) is 5.25. The van der Waals surface area contributed by atoms with Gasteiger partial charge in [-0.15, -0.1) is 0 Å². The van der Waals surface area contributed by atoms with Gasteiger partial charge in [0.05, 0.1) is 11.1 Å². The highest BCUT2D eigenvalue weighted by atomic mass is 35.5. The van der Waals surface area contributed by atoms with E-state index in [1.54, 1.807) is 6.07 Å². The lowest BCUT2D eigenvalue weighted by Gasteiger charge is -2.18. The molecule has 2 aromatic carbocycles. The average molecular weight is 421 g/mol. The largest absolute Gasteiger partial charge is 0.346 e. The van der Waals surface area contributed by atoms with Crippen molar-refractivity contribution in [3.8, 4) is 0 Å². The molecule has 0 aromatic heterocycles. The van der Waals surface area contributed by atoms with Crippen LogP contribution in [0.15, 0.2) is 41.3 Å². The maximum atomic E-state index is 12.9. The Balaban J connectivity index is 1.83. The minimum Gasteiger partial charge on any atom is -0.346 e. The van der Waals surface area contributed by atoms with Gasteiger partial charge in [-0.2, -0.15) is 4.31 Å². The molecule has 150 valence electrons. The van der Waals surface area contributed by atoms with E-state index in [1.165, 1.54) is 22.0 Å². The summed E-state index contributed by atoms with van der Waals surface area (Å²) in [6.45, 7) is 6.94. The lowest BCUT2D eigenvalue weighted by atomic mass is 10.0. The first-order valence-corrected chi connectivity index (χ1v) is 11.2. The number of halogens is 1. The standard InChI is InChI=1S/C21H25ClN2O3S/c1-14-6-7-17(12-15(14)2)16(3)23-21(25)18-8-9-19(22)20(13-18)28(26,27)24-10-4-5-11-24/h6-9,12-13,16H,4-5,10-11H2,1-3H3,(H,23,25)/t16-/m0/s1. The number of rotatable bonds is 5. The normalized spacial score (nSPS) is 16.1. The van der Waals surface area contributed by atoms with Crippen LogP contribution >= 0.6 is 11.6 Å². The molecule has 5 nitrogen and oxygen atoms in total. The summed E-state index contributed by atoms with van der Waals surface area (Å²) in [4.78, 5) is 12.7. The summed E-state index contributed by atoms with van der Waals surface area (Å²) in [6.07, 6.45) is 1.68. The molecule has 7 heteroatoms. The Bertz CT molecular complexity index is 999. The maximum absolute atomic E-state index is 12.9. The Morgan fingerprint density at radius 3 is 2.39 bits per heavy atom. The van der Waals surface area contributed by atoms with Crippen molar-refractivity contribution in [1.29, 1.82) is 0 Å². The van der Waals surface area contributed by atoms with Crippen molar-refractivity contribution in [2.75, 3.05) is 13.1 Å². The molecule has 1 atom stereocenters. The summed E-state index contributed by atoms with van der Waals surface area (Å²) in [7, 11) is -3.70. The Morgan fingerprint density at radius 1 is 1.07 bits per heavy atom. The van der Waals surface area contributed by atoms with E-state index in [-0.39, 0.29) is 27.4 Å². The number of benzene rings is 2. The lowest BCUT2D eigenvalue weighted by molar-refractivity contribution is 0.0939. The zero-order chi connectivity index (χ0) is 20.5. The van der Waals surface area contributed by atoms with Gasteiger partial charge in [0.1, 0.15) is 4.90 Å². The van der Waals surface area contributed by atoms with E-state index in [9.17, 15) is 13.2 Å². The van der Waals surface area contributed by atoms with Crippen LogP contribution < -0.4 is 5.32 Å². The maximum Gasteiger partial charge on any atom is 0.251 e. The SMILES string of the molecule is Cc1ccc([C@H](C)NC(=O)c2ccc(Cl)c(S(=O)(=O)N3CCCC3)c2)cc1C. The monoisotopic (exact) mass is 420 g/mol. The third-order valence-corrected chi connectivity index (χ3v) is 7.64. The predicted octanol–water partition coefficient (Wildman–Crippen LogP) is 4.23. The highest BCUT2D eigenvalue weighted by molar-refractivity contribution is 7.89. The molecule has 1 amide bonds. The number of aryl methyl sites for hydroxylation is 2. The molecule has 1 aliphatic heterocycles. The molecule has 0 radical (unpaired) electrons. The van der Waals surface area contributed by atoms with Crippen LogP contribution in [0.2, 0.25) is 5.02 Å². The van der Waals surface area contributed by atoms with Crippen LogP contribution in [0.1, 0.15) is 52.9 Å². The molecule has 1 aliphatic rings. The van der Waals surface area contributed by atoms with Crippen molar-refractivity contribution in [3.63, 3.8) is 0 Å². The van der Waals surface area contributed by atoms with Gasteiger partial charge >= 0.3 is 0 Å². The van der Waals surface area contributed by atoms with Crippen molar-refractivity contribution < 1.29 is 13.2 Å². The summed E-state index contributed by atoms with van der Waals surface area (Å²) >= 11 is 6.16. The molecular weight excluding hydrogens is 396 g/mol. The van der Waals surface area contributed by atoms with E-state index in [2.05, 4.69) is 5.32 Å². The molecule has 1 N–H and O–H groups in total. The fourth-order valence-electron chi connectivity index (χ4n) is 3.31. The fraction of sp³-hybridized carbons (Fsp3) is 0.381. The second-order valence-corrected chi connectivity index (χ2v) is 9.61. The zero-order valence-corrected chi connectivity index (χ0v) is 17.9. The van der Waals surface area contributed by atoms with Gasteiger partial charge in [-0.1, -0.05) is 29.8 Å².